The molecule has 1 unspecified atom stereocenters. The van der Waals surface area contributed by atoms with Crippen molar-refractivity contribution in [1.82, 2.24) is 0 Å². The maximum absolute atomic E-state index is 2.69. The molecule has 4 aliphatic carbocycles. The van der Waals surface area contributed by atoms with Gasteiger partial charge >= 0.3 is 304 Å². The molecule has 0 heterocycles. The van der Waals surface area contributed by atoms with Gasteiger partial charge < -0.3 is 24.8 Å². The molecule has 0 nitrogen and oxygen atoms in total. The fourth-order valence-electron chi connectivity index (χ4n) is 9.59. The van der Waals surface area contributed by atoms with Crippen molar-refractivity contribution in [3.8, 4) is 11.1 Å². The number of benzene rings is 2. The topological polar surface area (TPSA) is 0 Å². The molecule has 50 heavy (non-hydrogen) atoms. The van der Waals surface area contributed by atoms with E-state index in [4.69, 9.17) is 0 Å². The summed E-state index contributed by atoms with van der Waals surface area (Å²) in [6.45, 7) is 34.3. The van der Waals surface area contributed by atoms with Crippen LogP contribution in [0.2, 0.25) is 0 Å². The molecule has 2 aromatic rings. The van der Waals surface area contributed by atoms with E-state index in [1.807, 2.05) is 9.77 Å². The van der Waals surface area contributed by atoms with E-state index in [1.54, 1.807) is 22.3 Å². The Morgan fingerprint density at radius 1 is 0.760 bits per heavy atom. The molecule has 0 spiro atoms. The van der Waals surface area contributed by atoms with Crippen molar-refractivity contribution in [1.29, 1.82) is 0 Å². The van der Waals surface area contributed by atoms with Gasteiger partial charge in [-0.05, 0) is 0 Å². The second-order valence-corrected chi connectivity index (χ2v) is 25.2. The van der Waals surface area contributed by atoms with Crippen molar-refractivity contribution in [2.24, 2.45) is 16.7 Å². The van der Waals surface area contributed by atoms with Gasteiger partial charge in [-0.25, -0.2) is 0 Å². The zero-order valence-electron chi connectivity index (χ0n) is 33.8. The van der Waals surface area contributed by atoms with Crippen LogP contribution in [0, 0.1) is 16.7 Å². The quantitative estimate of drug-likeness (QED) is 0.220. The first kappa shape index (κ1) is 41.5. The molecule has 3 heteroatoms. The molecule has 0 amide bonds. The zero-order chi connectivity index (χ0) is 35.1. The number of hydrogen-bond donors (Lipinski definition) is 0. The third-order valence-electron chi connectivity index (χ3n) is 12.0. The Morgan fingerprint density at radius 2 is 1.30 bits per heavy atom. The second-order valence-electron chi connectivity index (χ2n) is 18.9. The molecular weight excluding hydrogens is 727 g/mol. The molecule has 0 saturated heterocycles. The summed E-state index contributed by atoms with van der Waals surface area (Å²) >= 11 is -2.47. The Labute approximate surface area is 326 Å². The Kier molecular flexibility index (Phi) is 12.0. The van der Waals surface area contributed by atoms with Crippen molar-refractivity contribution < 1.29 is 46.1 Å². The van der Waals surface area contributed by atoms with Gasteiger partial charge in [0.05, 0.1) is 0 Å². The van der Waals surface area contributed by atoms with Crippen molar-refractivity contribution in [2.75, 3.05) is 0 Å². The Balaban J connectivity index is 0.00000281. The van der Waals surface area contributed by atoms with Crippen LogP contribution in [0.4, 0.5) is 0 Å². The van der Waals surface area contributed by atoms with E-state index in [0.717, 1.165) is 6.42 Å². The number of allylic oxidation sites excluding steroid dienone is 8. The summed E-state index contributed by atoms with van der Waals surface area (Å²) in [5.41, 5.74) is 17.3. The van der Waals surface area contributed by atoms with Gasteiger partial charge in [0.1, 0.15) is 0 Å². The monoisotopic (exact) mass is 788 g/mol. The Morgan fingerprint density at radius 3 is 1.78 bits per heavy atom. The molecule has 270 valence electrons. The molecule has 0 saturated carbocycles. The van der Waals surface area contributed by atoms with Crippen LogP contribution in [-0.2, 0) is 38.5 Å². The molecule has 6 rings (SSSR count). The number of rotatable bonds is 8. The molecule has 0 aliphatic heterocycles. The first-order valence-electron chi connectivity index (χ1n) is 19.3. The van der Waals surface area contributed by atoms with Crippen LogP contribution in [0.25, 0.3) is 22.3 Å². The van der Waals surface area contributed by atoms with E-state index in [-0.39, 0.29) is 46.5 Å². The van der Waals surface area contributed by atoms with Gasteiger partial charge in [0.15, 0.2) is 0 Å². The average molecular weight is 791 g/mol. The summed E-state index contributed by atoms with van der Waals surface area (Å²) in [5.74, 6) is 0.569. The Bertz CT molecular complexity index is 1830. The van der Waals surface area contributed by atoms with Crippen LogP contribution in [0.1, 0.15) is 169 Å². The summed E-state index contributed by atoms with van der Waals surface area (Å²) in [4.78, 5) is 0. The number of unbranched alkanes of at least 4 members (excludes halogenated alkanes) is 2. The van der Waals surface area contributed by atoms with Crippen LogP contribution >= 0.6 is 0 Å². The van der Waals surface area contributed by atoms with Crippen LogP contribution in [0.5, 0.6) is 0 Å². The van der Waals surface area contributed by atoms with E-state index in [2.05, 4.69) is 139 Å². The van der Waals surface area contributed by atoms with Gasteiger partial charge in [0, 0.05) is 0 Å². The van der Waals surface area contributed by atoms with Gasteiger partial charge in [-0.3, -0.25) is 0 Å². The molecule has 4 aliphatic rings. The zero-order valence-corrected chi connectivity index (χ0v) is 37.8. The third-order valence-corrected chi connectivity index (χ3v) is 21.2. The number of halogens is 2. The molecule has 0 aromatic heterocycles. The van der Waals surface area contributed by atoms with Crippen molar-refractivity contribution in [3.05, 3.63) is 88.0 Å². The predicted molar refractivity (Wildman–Crippen MR) is 210 cm³/mol. The first-order valence-corrected chi connectivity index (χ1v) is 23.0. The largest absolute Gasteiger partial charge is 1.00 e. The number of hydrogen-bond acceptors (Lipinski definition) is 0. The summed E-state index contributed by atoms with van der Waals surface area (Å²) in [6.07, 6.45) is 16.7. The molecule has 0 N–H and O–H groups in total. The molecule has 0 bridgehead atoms. The minimum Gasteiger partial charge on any atom is -1.00 e. The minimum atomic E-state index is -2.47. The first-order chi connectivity index (χ1) is 22.3. The predicted octanol–water partition coefficient (Wildman–Crippen LogP) is 7.69. The van der Waals surface area contributed by atoms with Gasteiger partial charge in [-0.2, -0.15) is 0 Å². The van der Waals surface area contributed by atoms with Crippen molar-refractivity contribution in [2.45, 2.75) is 153 Å². The second kappa shape index (κ2) is 14.5. The third kappa shape index (κ3) is 7.05. The van der Waals surface area contributed by atoms with Gasteiger partial charge in [-0.15, -0.1) is 0 Å². The molecule has 2 aromatic carbocycles. The van der Waals surface area contributed by atoms with Gasteiger partial charge in [0.2, 0.25) is 0 Å². The molecule has 0 radical (unpaired) electrons. The van der Waals surface area contributed by atoms with E-state index in [9.17, 15) is 0 Å². The number of fused-ring (bicyclic) bond motifs is 5. The van der Waals surface area contributed by atoms with E-state index in [0.29, 0.717) is 5.92 Å². The van der Waals surface area contributed by atoms with Crippen molar-refractivity contribution >= 4 is 14.4 Å². The van der Waals surface area contributed by atoms with E-state index >= 15 is 0 Å². The van der Waals surface area contributed by atoms with Gasteiger partial charge in [0.25, 0.3) is 0 Å². The fraction of sp³-hybridized carbons (Fsp3) is 0.553. The standard InChI is InChI=1S/C31H37.C9H18.C7H9.2ClH.Zr/c1-28(2,3)26-16-30(7,8)24-12-18-11-19-13-25-23(15-21(19)20(18)14-22(24)26)27(29(4,5)6)17-31(25,9)10;1-3-5-7-9-8-6-4-2;1-6-3-4-7(2)5-6;;;/h12-16H,11H2,1-10H3;3-8H2,1-2H3;3,5,7H,1-2H3;2*1H;/q;;;;;+2/p-2. The SMILES string of the molecule is CCCC[C](CCCC)=[Zr+2]([C]1=CC(C)=CC1C)[C]1=C(C(C)(C)C)c2cc3c(cc2C1(C)C)Cc1cc2c(cc1-3)C(C(C)(C)C)=CC2(C)C.[Cl-].[Cl-]. The van der Waals surface area contributed by atoms with Crippen molar-refractivity contribution in [3.63, 3.8) is 0 Å². The van der Waals surface area contributed by atoms with Crippen LogP contribution < -0.4 is 24.8 Å². The summed E-state index contributed by atoms with van der Waals surface area (Å²) < 4.78 is 5.72. The maximum atomic E-state index is 2.69. The minimum absolute atomic E-state index is 0. The normalized spacial score (nSPS) is 19.3. The summed E-state index contributed by atoms with van der Waals surface area (Å²) in [6, 6.07) is 10.6. The smallest absolute Gasteiger partial charge is 1.00 e. The molecule has 0 fully saturated rings. The summed E-state index contributed by atoms with van der Waals surface area (Å²) in [7, 11) is 0. The van der Waals surface area contributed by atoms with E-state index in [1.165, 1.54) is 77.5 Å². The average Bonchev–Trinajstić information content (AvgIpc) is 3.65. The van der Waals surface area contributed by atoms with Crippen LogP contribution in [0.3, 0.4) is 0 Å². The molecule has 1 atom stereocenters. The Hall–Kier alpha value is -1.27. The van der Waals surface area contributed by atoms with E-state index < -0.39 is 21.3 Å². The maximum Gasteiger partial charge on any atom is -1.00 e. The van der Waals surface area contributed by atoms with Crippen LogP contribution in [-0.4, -0.2) is 3.21 Å². The van der Waals surface area contributed by atoms with Crippen LogP contribution in [0.15, 0.2) is 54.6 Å². The molecular formula is C47H64Cl2Zr. The summed E-state index contributed by atoms with van der Waals surface area (Å²) in [5, 5.41) is 0. The fourth-order valence-corrected chi connectivity index (χ4v) is 20.2. The van der Waals surface area contributed by atoms with Gasteiger partial charge in [-0.1, -0.05) is 0 Å².